The molecule has 2 amide bonds. The molecule has 5 heteroatoms. The van der Waals surface area contributed by atoms with E-state index >= 15 is 0 Å². The smallest absolute Gasteiger partial charge is 0.242 e. The maximum Gasteiger partial charge on any atom is 0.242 e. The van der Waals surface area contributed by atoms with E-state index in [9.17, 15) is 9.59 Å². The average molecular weight is 297 g/mol. The lowest BCUT2D eigenvalue weighted by Gasteiger charge is -2.31. The van der Waals surface area contributed by atoms with Gasteiger partial charge in [-0.1, -0.05) is 40.0 Å². The number of carbonyl (C=O) groups excluding carboxylic acids is 2. The average Bonchev–Trinajstić information content (AvgIpc) is 2.44. The molecular weight excluding hydrogens is 266 g/mol. The third kappa shape index (κ3) is 5.65. The van der Waals surface area contributed by atoms with Crippen LogP contribution >= 0.6 is 0 Å². The maximum absolute atomic E-state index is 12.2. The highest BCUT2D eigenvalue weighted by Crippen LogP contribution is 2.26. The van der Waals surface area contributed by atoms with Crippen LogP contribution in [0.4, 0.5) is 0 Å². The second-order valence-electron chi connectivity index (χ2n) is 7.19. The van der Waals surface area contributed by atoms with Crippen molar-refractivity contribution < 1.29 is 9.59 Å². The molecule has 0 aromatic heterocycles. The van der Waals surface area contributed by atoms with E-state index < -0.39 is 11.5 Å². The predicted molar refractivity (Wildman–Crippen MR) is 84.6 cm³/mol. The number of nitrogens with two attached hydrogens (primary N) is 1. The predicted octanol–water partition coefficient (Wildman–Crippen LogP) is 1.56. The summed E-state index contributed by atoms with van der Waals surface area (Å²) in [5.41, 5.74) is 5.33. The maximum atomic E-state index is 12.2. The number of nitrogens with one attached hydrogen (secondary N) is 2. The minimum absolute atomic E-state index is 0.0202. The van der Waals surface area contributed by atoms with Crippen LogP contribution in [0, 0.1) is 11.3 Å². The van der Waals surface area contributed by atoms with Crippen molar-refractivity contribution in [2.45, 2.75) is 71.9 Å². The molecule has 1 aliphatic rings. The molecule has 1 saturated carbocycles. The van der Waals surface area contributed by atoms with Crippen molar-refractivity contribution >= 4 is 11.8 Å². The highest BCUT2D eigenvalue weighted by atomic mass is 16.2. The molecule has 0 aromatic rings. The van der Waals surface area contributed by atoms with Crippen molar-refractivity contribution in [1.29, 1.82) is 0 Å². The van der Waals surface area contributed by atoms with Gasteiger partial charge in [0.15, 0.2) is 0 Å². The van der Waals surface area contributed by atoms with Crippen LogP contribution in [-0.4, -0.2) is 30.4 Å². The molecule has 21 heavy (non-hydrogen) atoms. The van der Waals surface area contributed by atoms with E-state index in [1.54, 1.807) is 6.92 Å². The summed E-state index contributed by atoms with van der Waals surface area (Å²) in [6.07, 6.45) is 5.97. The van der Waals surface area contributed by atoms with E-state index in [0.717, 1.165) is 12.8 Å². The van der Waals surface area contributed by atoms with Gasteiger partial charge in [-0.3, -0.25) is 9.59 Å². The molecule has 2 atom stereocenters. The van der Waals surface area contributed by atoms with Gasteiger partial charge in [-0.15, -0.1) is 0 Å². The van der Waals surface area contributed by atoms with Crippen LogP contribution in [0.15, 0.2) is 0 Å². The molecule has 1 rings (SSSR count). The lowest BCUT2D eigenvalue weighted by molar-refractivity contribution is -0.133. The SMILES string of the molecule is CC(NC(=O)C(C)(C)C)C(=O)NC(CN)C1CCCCC1. The fourth-order valence-corrected chi connectivity index (χ4v) is 2.69. The summed E-state index contributed by atoms with van der Waals surface area (Å²) in [4.78, 5) is 24.2. The zero-order valence-electron chi connectivity index (χ0n) is 13.9. The van der Waals surface area contributed by atoms with Crippen LogP contribution < -0.4 is 16.4 Å². The Balaban J connectivity index is 2.51. The minimum atomic E-state index is -0.533. The second-order valence-corrected chi connectivity index (χ2v) is 7.19. The van der Waals surface area contributed by atoms with E-state index in [-0.39, 0.29) is 17.9 Å². The molecule has 0 aliphatic heterocycles. The zero-order valence-corrected chi connectivity index (χ0v) is 13.9. The fraction of sp³-hybridized carbons (Fsp3) is 0.875. The van der Waals surface area contributed by atoms with Crippen molar-refractivity contribution in [3.63, 3.8) is 0 Å². The summed E-state index contributed by atoms with van der Waals surface area (Å²) in [6, 6.07) is -0.513. The molecule has 5 nitrogen and oxygen atoms in total. The Kier molecular flexibility index (Phi) is 6.65. The Bertz CT molecular complexity index is 357. The Morgan fingerprint density at radius 1 is 1.14 bits per heavy atom. The highest BCUT2D eigenvalue weighted by molar-refractivity contribution is 5.89. The van der Waals surface area contributed by atoms with Gasteiger partial charge in [-0.25, -0.2) is 0 Å². The molecular formula is C16H31N3O2. The standard InChI is InChI=1S/C16H31N3O2/c1-11(18-15(21)16(2,3)4)14(20)19-13(10-17)12-8-6-5-7-9-12/h11-13H,5-10,17H2,1-4H3,(H,18,21)(H,19,20). The molecule has 0 spiro atoms. The van der Waals surface area contributed by atoms with E-state index in [2.05, 4.69) is 10.6 Å². The molecule has 0 saturated heterocycles. The molecule has 4 N–H and O–H groups in total. The van der Waals surface area contributed by atoms with Gasteiger partial charge in [-0.2, -0.15) is 0 Å². The molecule has 1 aliphatic carbocycles. The zero-order chi connectivity index (χ0) is 16.0. The largest absolute Gasteiger partial charge is 0.350 e. The monoisotopic (exact) mass is 297 g/mol. The van der Waals surface area contributed by atoms with Crippen molar-refractivity contribution in [1.82, 2.24) is 10.6 Å². The summed E-state index contributed by atoms with van der Waals surface area (Å²) in [5, 5.41) is 5.77. The Hall–Kier alpha value is -1.10. The fourth-order valence-electron chi connectivity index (χ4n) is 2.69. The first-order chi connectivity index (χ1) is 9.75. The molecule has 0 radical (unpaired) electrons. The molecule has 122 valence electrons. The third-order valence-corrected chi connectivity index (χ3v) is 4.22. The third-order valence-electron chi connectivity index (χ3n) is 4.22. The van der Waals surface area contributed by atoms with Crippen LogP contribution in [0.5, 0.6) is 0 Å². The van der Waals surface area contributed by atoms with Gasteiger partial charge in [0.1, 0.15) is 6.04 Å². The Morgan fingerprint density at radius 2 is 1.71 bits per heavy atom. The summed E-state index contributed by atoms with van der Waals surface area (Å²) < 4.78 is 0. The van der Waals surface area contributed by atoms with E-state index in [4.69, 9.17) is 5.73 Å². The van der Waals surface area contributed by atoms with Crippen LogP contribution in [-0.2, 0) is 9.59 Å². The number of carbonyl (C=O) groups is 2. The molecule has 0 aromatic carbocycles. The second kappa shape index (κ2) is 7.78. The quantitative estimate of drug-likeness (QED) is 0.720. The van der Waals surface area contributed by atoms with Crippen molar-refractivity contribution in [2.24, 2.45) is 17.1 Å². The highest BCUT2D eigenvalue weighted by Gasteiger charge is 2.28. The van der Waals surface area contributed by atoms with Gasteiger partial charge in [0.05, 0.1) is 0 Å². The Morgan fingerprint density at radius 3 is 2.19 bits per heavy atom. The van der Waals surface area contributed by atoms with Gasteiger partial charge in [0.2, 0.25) is 11.8 Å². The molecule has 0 heterocycles. The first-order valence-corrected chi connectivity index (χ1v) is 8.07. The van der Waals surface area contributed by atoms with E-state index in [0.29, 0.717) is 12.5 Å². The van der Waals surface area contributed by atoms with E-state index in [1.807, 2.05) is 20.8 Å². The molecule has 2 unspecified atom stereocenters. The number of amides is 2. The van der Waals surface area contributed by atoms with Gasteiger partial charge in [0.25, 0.3) is 0 Å². The van der Waals surface area contributed by atoms with Gasteiger partial charge < -0.3 is 16.4 Å². The van der Waals surface area contributed by atoms with Gasteiger partial charge >= 0.3 is 0 Å². The molecule has 1 fully saturated rings. The van der Waals surface area contributed by atoms with Crippen LogP contribution in [0.3, 0.4) is 0 Å². The molecule has 0 bridgehead atoms. The topological polar surface area (TPSA) is 84.2 Å². The normalized spacial score (nSPS) is 19.7. The lowest BCUT2D eigenvalue weighted by atomic mass is 9.84. The van der Waals surface area contributed by atoms with Gasteiger partial charge in [0, 0.05) is 18.0 Å². The first-order valence-electron chi connectivity index (χ1n) is 8.07. The first kappa shape index (κ1) is 18.0. The lowest BCUT2D eigenvalue weighted by Crippen LogP contribution is -2.53. The van der Waals surface area contributed by atoms with Crippen molar-refractivity contribution in [2.75, 3.05) is 6.54 Å². The summed E-state index contributed by atoms with van der Waals surface area (Å²) in [6.45, 7) is 7.66. The number of hydrogen-bond donors (Lipinski definition) is 3. The van der Waals surface area contributed by atoms with Crippen LogP contribution in [0.2, 0.25) is 0 Å². The summed E-state index contributed by atoms with van der Waals surface area (Å²) in [7, 11) is 0. The van der Waals surface area contributed by atoms with Gasteiger partial charge in [-0.05, 0) is 25.7 Å². The summed E-state index contributed by atoms with van der Waals surface area (Å²) >= 11 is 0. The Labute approximate surface area is 128 Å². The van der Waals surface area contributed by atoms with Crippen LogP contribution in [0.25, 0.3) is 0 Å². The minimum Gasteiger partial charge on any atom is -0.350 e. The van der Waals surface area contributed by atoms with Crippen LogP contribution in [0.1, 0.15) is 59.8 Å². The number of hydrogen-bond acceptors (Lipinski definition) is 3. The van der Waals surface area contributed by atoms with Crippen molar-refractivity contribution in [3.8, 4) is 0 Å². The number of rotatable bonds is 5. The van der Waals surface area contributed by atoms with E-state index in [1.165, 1.54) is 19.3 Å². The van der Waals surface area contributed by atoms with Crippen molar-refractivity contribution in [3.05, 3.63) is 0 Å². The summed E-state index contributed by atoms with van der Waals surface area (Å²) in [5.74, 6) is 0.207.